The van der Waals surface area contributed by atoms with Crippen LogP contribution >= 0.6 is 0 Å². The maximum Gasteiger partial charge on any atom is 0.317 e. The van der Waals surface area contributed by atoms with Crippen LogP contribution in [0.2, 0.25) is 0 Å². The number of pyridine rings is 1. The zero-order chi connectivity index (χ0) is 26.4. The lowest BCUT2D eigenvalue weighted by molar-refractivity contribution is -0.0377. The average Bonchev–Trinajstić information content (AvgIpc) is 3.51. The first-order chi connectivity index (χ1) is 18.4. The third-order valence-electron chi connectivity index (χ3n) is 8.68. The summed E-state index contributed by atoms with van der Waals surface area (Å²) in [6.45, 7) is 8.76. The number of nitrogens with one attached hydrogen (secondary N) is 3. The number of anilines is 1. The summed E-state index contributed by atoms with van der Waals surface area (Å²) in [4.78, 5) is 20.8. The smallest absolute Gasteiger partial charge is 0.317 e. The highest BCUT2D eigenvalue weighted by Crippen LogP contribution is 2.41. The molecule has 3 N–H and O–H groups in total. The fourth-order valence-electron chi connectivity index (χ4n) is 6.83. The fourth-order valence-corrected chi connectivity index (χ4v) is 6.83. The molecular weight excluding hydrogens is 482 g/mol. The van der Waals surface area contributed by atoms with Gasteiger partial charge in [-0.1, -0.05) is 0 Å². The van der Waals surface area contributed by atoms with Gasteiger partial charge in [-0.15, -0.1) is 0 Å². The Bertz CT molecular complexity index is 1240. The summed E-state index contributed by atoms with van der Waals surface area (Å²) in [6.07, 6.45) is 6.74. The van der Waals surface area contributed by atoms with Crippen molar-refractivity contribution < 1.29 is 9.53 Å². The number of hydrazine groups is 1. The molecule has 6 rings (SSSR count). The monoisotopic (exact) mass is 517 g/mol. The molecule has 2 aromatic rings. The van der Waals surface area contributed by atoms with Crippen LogP contribution < -0.4 is 21.1 Å². The Morgan fingerprint density at radius 2 is 2.08 bits per heavy atom. The van der Waals surface area contributed by atoms with Gasteiger partial charge in [-0.25, -0.2) is 15.2 Å². The van der Waals surface area contributed by atoms with E-state index >= 15 is 0 Å². The molecule has 0 aromatic carbocycles. The van der Waals surface area contributed by atoms with Crippen LogP contribution in [0.4, 0.5) is 10.6 Å². The maximum atomic E-state index is 12.0. The Morgan fingerprint density at radius 1 is 1.21 bits per heavy atom. The standard InChI is InChI=1S/C27H35N9O2/c1-15-11-31-32-16(2)24(15)17(3)38-21-4-5-23-22(9-21)25(34-33-23)19-8-18(10-28)26(29-12-19)35-6-7-36-20(14-35)13-30-27(36)37/h8,11-12,17,20-23,25,33-34H,4-7,9,13-14H2,1-3H3,(H,30,37)/t17-,20?,21?,22?,23?,25?/m1/s1. The van der Waals surface area contributed by atoms with Gasteiger partial charge in [0.25, 0.3) is 0 Å². The van der Waals surface area contributed by atoms with E-state index in [0.29, 0.717) is 49.5 Å². The maximum absolute atomic E-state index is 12.0. The minimum atomic E-state index is -0.0511. The lowest BCUT2D eigenvalue weighted by atomic mass is 9.78. The first-order valence-electron chi connectivity index (χ1n) is 13.6. The van der Waals surface area contributed by atoms with Crippen LogP contribution in [0.25, 0.3) is 0 Å². The molecule has 6 atom stereocenters. The van der Waals surface area contributed by atoms with Gasteiger partial charge in [-0.3, -0.25) is 5.43 Å². The lowest BCUT2D eigenvalue weighted by Crippen LogP contribution is -2.52. The van der Waals surface area contributed by atoms with Crippen molar-refractivity contribution in [3.63, 3.8) is 0 Å². The van der Waals surface area contributed by atoms with Gasteiger partial charge < -0.3 is 19.9 Å². The molecule has 3 aliphatic heterocycles. The van der Waals surface area contributed by atoms with E-state index < -0.39 is 0 Å². The number of aryl methyl sites for hydroxylation is 2. The highest BCUT2D eigenvalue weighted by Gasteiger charge is 2.42. The molecule has 3 saturated heterocycles. The molecule has 4 fully saturated rings. The first-order valence-corrected chi connectivity index (χ1v) is 13.6. The average molecular weight is 518 g/mol. The number of piperazine rings is 1. The van der Waals surface area contributed by atoms with E-state index in [0.717, 1.165) is 41.6 Å². The van der Waals surface area contributed by atoms with Crippen LogP contribution in [0.3, 0.4) is 0 Å². The first kappa shape index (κ1) is 25.0. The summed E-state index contributed by atoms with van der Waals surface area (Å²) >= 11 is 0. The van der Waals surface area contributed by atoms with Crippen molar-refractivity contribution >= 4 is 11.8 Å². The van der Waals surface area contributed by atoms with Crippen molar-refractivity contribution in [2.24, 2.45) is 5.92 Å². The molecule has 11 nitrogen and oxygen atoms in total. The topological polar surface area (TPSA) is 131 Å². The van der Waals surface area contributed by atoms with Gasteiger partial charge in [0, 0.05) is 44.0 Å². The molecular formula is C27H35N9O2. The zero-order valence-corrected chi connectivity index (χ0v) is 22.1. The van der Waals surface area contributed by atoms with Gasteiger partial charge in [0.05, 0.1) is 41.7 Å². The molecule has 2 amide bonds. The van der Waals surface area contributed by atoms with E-state index in [2.05, 4.69) is 51.2 Å². The predicted molar refractivity (Wildman–Crippen MR) is 140 cm³/mol. The molecule has 0 radical (unpaired) electrons. The van der Waals surface area contributed by atoms with Crippen molar-refractivity contribution in [2.75, 3.05) is 31.1 Å². The second-order valence-electron chi connectivity index (χ2n) is 11.0. The van der Waals surface area contributed by atoms with E-state index in [1.54, 1.807) is 6.20 Å². The number of amides is 2. The summed E-state index contributed by atoms with van der Waals surface area (Å²) in [5.41, 5.74) is 11.7. The second kappa shape index (κ2) is 10.1. The van der Waals surface area contributed by atoms with E-state index in [9.17, 15) is 10.1 Å². The van der Waals surface area contributed by atoms with Gasteiger partial charge in [0.2, 0.25) is 0 Å². The Balaban J connectivity index is 1.16. The predicted octanol–water partition coefficient (Wildman–Crippen LogP) is 2.04. The van der Waals surface area contributed by atoms with Crippen LogP contribution in [0, 0.1) is 31.1 Å². The zero-order valence-electron chi connectivity index (χ0n) is 22.1. The minimum Gasteiger partial charge on any atom is -0.370 e. The Labute approximate surface area is 222 Å². The third-order valence-corrected chi connectivity index (χ3v) is 8.68. The summed E-state index contributed by atoms with van der Waals surface area (Å²) in [6, 6.07) is 4.88. The third kappa shape index (κ3) is 4.46. The summed E-state index contributed by atoms with van der Waals surface area (Å²) in [5, 5.41) is 21.2. The number of rotatable bonds is 5. The largest absolute Gasteiger partial charge is 0.370 e. The molecule has 200 valence electrons. The highest BCUT2D eigenvalue weighted by molar-refractivity contribution is 5.77. The van der Waals surface area contributed by atoms with Crippen LogP contribution in [0.15, 0.2) is 18.5 Å². The van der Waals surface area contributed by atoms with E-state index in [-0.39, 0.29) is 30.3 Å². The molecule has 11 heteroatoms. The summed E-state index contributed by atoms with van der Waals surface area (Å²) in [5.74, 6) is 1.03. The number of hydrogen-bond donors (Lipinski definition) is 3. The van der Waals surface area contributed by atoms with Gasteiger partial charge in [-0.2, -0.15) is 15.5 Å². The second-order valence-corrected chi connectivity index (χ2v) is 11.0. The van der Waals surface area contributed by atoms with Crippen molar-refractivity contribution in [1.29, 1.82) is 5.26 Å². The molecule has 0 bridgehead atoms. The molecule has 0 spiro atoms. The number of urea groups is 1. The fraction of sp³-hybridized carbons (Fsp3) is 0.593. The molecule has 1 saturated carbocycles. The highest BCUT2D eigenvalue weighted by atomic mass is 16.5. The van der Waals surface area contributed by atoms with Crippen LogP contribution in [-0.4, -0.2) is 70.5 Å². The quantitative estimate of drug-likeness (QED) is 0.545. The van der Waals surface area contributed by atoms with Gasteiger partial charge in [0.1, 0.15) is 11.9 Å². The van der Waals surface area contributed by atoms with E-state index in [1.165, 1.54) is 0 Å². The Hall–Kier alpha value is -3.33. The molecule has 1 aliphatic carbocycles. The number of nitriles is 1. The number of ether oxygens (including phenoxy) is 1. The number of hydrogen-bond acceptors (Lipinski definition) is 9. The van der Waals surface area contributed by atoms with Crippen LogP contribution in [0.5, 0.6) is 0 Å². The van der Waals surface area contributed by atoms with Crippen molar-refractivity contribution in [3.05, 3.63) is 46.4 Å². The van der Waals surface area contributed by atoms with Gasteiger partial charge in [-0.05, 0) is 63.1 Å². The Morgan fingerprint density at radius 3 is 2.89 bits per heavy atom. The molecule has 4 aliphatic rings. The normalized spacial score (nSPS) is 29.4. The number of carbonyl (C=O) groups excluding carboxylic acids is 1. The SMILES string of the molecule is Cc1cnnc(C)c1[C@@H](C)OC1CCC2NNC(c3cnc(N4CCN5C(=O)NCC5C4)c(C#N)c3)C2C1. The lowest BCUT2D eigenvalue weighted by Gasteiger charge is -2.37. The molecule has 5 heterocycles. The number of aromatic nitrogens is 3. The number of fused-ring (bicyclic) bond motifs is 2. The van der Waals surface area contributed by atoms with Crippen molar-refractivity contribution in [3.8, 4) is 6.07 Å². The van der Waals surface area contributed by atoms with Gasteiger partial charge >= 0.3 is 6.03 Å². The van der Waals surface area contributed by atoms with Crippen LogP contribution in [0.1, 0.15) is 66.3 Å². The molecule has 2 aromatic heterocycles. The summed E-state index contributed by atoms with van der Waals surface area (Å²) in [7, 11) is 0. The van der Waals surface area contributed by atoms with E-state index in [1.807, 2.05) is 24.1 Å². The minimum absolute atomic E-state index is 0.000280. The van der Waals surface area contributed by atoms with Crippen LogP contribution in [-0.2, 0) is 4.74 Å². The van der Waals surface area contributed by atoms with Gasteiger partial charge in [0.15, 0.2) is 0 Å². The number of carbonyl (C=O) groups is 1. The van der Waals surface area contributed by atoms with E-state index in [4.69, 9.17) is 9.72 Å². The van der Waals surface area contributed by atoms with Crippen molar-refractivity contribution in [2.45, 2.75) is 70.4 Å². The molecule has 5 unspecified atom stereocenters. The molecule has 38 heavy (non-hydrogen) atoms. The Kier molecular flexibility index (Phi) is 6.63. The number of nitrogens with zero attached hydrogens (tertiary/aromatic N) is 6. The summed E-state index contributed by atoms with van der Waals surface area (Å²) < 4.78 is 6.59. The van der Waals surface area contributed by atoms with Crippen molar-refractivity contribution in [1.82, 2.24) is 36.2 Å².